The van der Waals surface area contributed by atoms with Crippen molar-refractivity contribution in [3.8, 4) is 5.75 Å². The summed E-state index contributed by atoms with van der Waals surface area (Å²) in [4.78, 5) is 4.47. The minimum Gasteiger partial charge on any atom is -0.505 e. The topological polar surface area (TPSA) is 32.6 Å². The molecule has 0 aliphatic carbocycles. The van der Waals surface area contributed by atoms with Gasteiger partial charge in [-0.2, -0.15) is 0 Å². The number of hydrogen-bond acceptors (Lipinski definition) is 2. The van der Waals surface area contributed by atoms with Gasteiger partial charge < -0.3 is 5.11 Å². The number of aliphatic imine (C=N–C) groups is 1. The summed E-state index contributed by atoms with van der Waals surface area (Å²) in [5, 5.41) is 10.1. The molecule has 109 valence electrons. The normalized spacial score (nSPS) is 10.7. The second kappa shape index (κ2) is 6.97. The van der Waals surface area contributed by atoms with Gasteiger partial charge in [-0.1, -0.05) is 23.8 Å². The first kappa shape index (κ1) is 17.5. The fraction of sp³-hybridized carbons (Fsp3) is 0.278. The molecule has 0 heterocycles. The van der Waals surface area contributed by atoms with Crippen LogP contribution >= 0.6 is 0 Å². The Kier molecular flexibility index (Phi) is 5.82. The first-order chi connectivity index (χ1) is 9.38. The average molecular weight is 318 g/mol. The van der Waals surface area contributed by atoms with Crippen molar-refractivity contribution >= 4 is 11.9 Å². The average Bonchev–Trinajstić information content (AvgIpc) is 2.33. The van der Waals surface area contributed by atoms with Crippen LogP contribution in [-0.4, -0.2) is 11.3 Å². The molecule has 0 bridgehead atoms. The summed E-state index contributed by atoms with van der Waals surface area (Å²) in [6.45, 7) is 10.2. The SMILES string of the molecule is Cc1cc(C)c(C=Nc2cc(C)cc(C)c2O)c(C)c1.[V]. The number of aryl methyl sites for hydroxylation is 5. The Morgan fingerprint density at radius 2 is 1.29 bits per heavy atom. The van der Waals surface area contributed by atoms with E-state index < -0.39 is 0 Å². The Morgan fingerprint density at radius 3 is 1.86 bits per heavy atom. The summed E-state index contributed by atoms with van der Waals surface area (Å²) < 4.78 is 0. The molecule has 2 aromatic rings. The summed E-state index contributed by atoms with van der Waals surface area (Å²) in [7, 11) is 0. The van der Waals surface area contributed by atoms with E-state index in [1.807, 2.05) is 32.2 Å². The molecule has 0 fully saturated rings. The second-order valence-corrected chi connectivity index (χ2v) is 5.52. The Morgan fingerprint density at radius 1 is 0.810 bits per heavy atom. The molecule has 0 atom stereocenters. The predicted molar refractivity (Wildman–Crippen MR) is 85.5 cm³/mol. The van der Waals surface area contributed by atoms with Gasteiger partial charge in [-0.05, 0) is 68.5 Å². The molecule has 0 saturated heterocycles. The number of nitrogens with zero attached hydrogens (tertiary/aromatic N) is 1. The summed E-state index contributed by atoms with van der Waals surface area (Å²) in [6.07, 6.45) is 1.85. The van der Waals surface area contributed by atoms with Crippen LogP contribution in [0.25, 0.3) is 0 Å². The van der Waals surface area contributed by atoms with Gasteiger partial charge in [0.15, 0.2) is 0 Å². The largest absolute Gasteiger partial charge is 0.505 e. The van der Waals surface area contributed by atoms with E-state index in [4.69, 9.17) is 0 Å². The molecular formula is C18H21NOV. The smallest absolute Gasteiger partial charge is 0.144 e. The molecular weight excluding hydrogens is 297 g/mol. The number of aromatic hydroxyl groups is 1. The van der Waals surface area contributed by atoms with E-state index in [2.05, 4.69) is 37.9 Å². The number of phenols is 1. The maximum Gasteiger partial charge on any atom is 0.144 e. The van der Waals surface area contributed by atoms with E-state index in [1.54, 1.807) is 0 Å². The van der Waals surface area contributed by atoms with Crippen molar-refractivity contribution in [2.24, 2.45) is 4.99 Å². The van der Waals surface area contributed by atoms with E-state index in [0.717, 1.165) is 16.7 Å². The van der Waals surface area contributed by atoms with Crippen molar-refractivity contribution in [2.75, 3.05) is 0 Å². The van der Waals surface area contributed by atoms with Crippen molar-refractivity contribution in [1.82, 2.24) is 0 Å². The third kappa shape index (κ3) is 3.99. The van der Waals surface area contributed by atoms with Gasteiger partial charge in [-0.25, -0.2) is 0 Å². The third-order valence-corrected chi connectivity index (χ3v) is 3.50. The first-order valence-corrected chi connectivity index (χ1v) is 6.80. The van der Waals surface area contributed by atoms with Crippen LogP contribution in [0.15, 0.2) is 29.3 Å². The number of rotatable bonds is 2. The Hall–Kier alpha value is -1.51. The van der Waals surface area contributed by atoms with Gasteiger partial charge in [0, 0.05) is 24.8 Å². The zero-order valence-electron chi connectivity index (χ0n) is 13.2. The van der Waals surface area contributed by atoms with Crippen LogP contribution in [0.4, 0.5) is 5.69 Å². The van der Waals surface area contributed by atoms with Gasteiger partial charge in [0.2, 0.25) is 0 Å². The molecule has 0 amide bonds. The summed E-state index contributed by atoms with van der Waals surface area (Å²) in [6, 6.07) is 8.15. The van der Waals surface area contributed by atoms with Crippen LogP contribution in [0.5, 0.6) is 5.75 Å². The summed E-state index contributed by atoms with van der Waals surface area (Å²) in [5.41, 5.74) is 7.37. The molecule has 1 N–H and O–H groups in total. The standard InChI is InChI=1S/C18H21NO.V/c1-11-6-13(3)16(14(4)7-11)10-19-17-9-12(2)8-15(5)18(17)20;/h6-10,20H,1-5H3;. The Balaban J connectivity index is 0.00000220. The zero-order chi connectivity index (χ0) is 14.9. The van der Waals surface area contributed by atoms with Crippen LogP contribution in [0.1, 0.15) is 33.4 Å². The second-order valence-electron chi connectivity index (χ2n) is 5.52. The molecule has 0 aromatic heterocycles. The predicted octanol–water partition coefficient (Wildman–Crippen LogP) is 4.68. The molecule has 2 aromatic carbocycles. The molecule has 0 unspecified atom stereocenters. The number of benzene rings is 2. The minimum absolute atomic E-state index is 0. The molecule has 1 radical (unpaired) electrons. The monoisotopic (exact) mass is 318 g/mol. The summed E-state index contributed by atoms with van der Waals surface area (Å²) in [5.74, 6) is 0.259. The van der Waals surface area contributed by atoms with Gasteiger partial charge in [0.25, 0.3) is 0 Å². The third-order valence-electron chi connectivity index (χ3n) is 3.50. The van der Waals surface area contributed by atoms with E-state index in [1.165, 1.54) is 16.7 Å². The Bertz CT molecular complexity index is 667. The van der Waals surface area contributed by atoms with Gasteiger partial charge in [-0.15, -0.1) is 0 Å². The molecule has 0 aliphatic rings. The number of hydrogen-bond donors (Lipinski definition) is 1. The van der Waals surface area contributed by atoms with Crippen molar-refractivity contribution < 1.29 is 23.7 Å². The first-order valence-electron chi connectivity index (χ1n) is 6.80. The van der Waals surface area contributed by atoms with E-state index in [-0.39, 0.29) is 24.3 Å². The fourth-order valence-electron chi connectivity index (χ4n) is 2.56. The molecule has 2 rings (SSSR count). The van der Waals surface area contributed by atoms with Gasteiger partial charge >= 0.3 is 0 Å². The molecule has 0 saturated carbocycles. The van der Waals surface area contributed by atoms with Crippen LogP contribution in [0, 0.1) is 34.6 Å². The van der Waals surface area contributed by atoms with E-state index in [9.17, 15) is 5.11 Å². The molecule has 0 spiro atoms. The van der Waals surface area contributed by atoms with Crippen LogP contribution in [0.3, 0.4) is 0 Å². The maximum absolute atomic E-state index is 10.1. The van der Waals surface area contributed by atoms with Gasteiger partial charge in [0.05, 0.1) is 0 Å². The Labute approximate surface area is 138 Å². The zero-order valence-corrected chi connectivity index (χ0v) is 14.6. The van der Waals surface area contributed by atoms with Crippen molar-refractivity contribution in [2.45, 2.75) is 34.6 Å². The maximum atomic E-state index is 10.1. The van der Waals surface area contributed by atoms with E-state index >= 15 is 0 Å². The van der Waals surface area contributed by atoms with Gasteiger partial charge in [-0.3, -0.25) is 4.99 Å². The van der Waals surface area contributed by atoms with Crippen LogP contribution in [0.2, 0.25) is 0 Å². The van der Waals surface area contributed by atoms with Crippen LogP contribution in [-0.2, 0) is 18.6 Å². The molecule has 21 heavy (non-hydrogen) atoms. The summed E-state index contributed by atoms with van der Waals surface area (Å²) >= 11 is 0. The minimum atomic E-state index is 0. The number of phenolic OH excluding ortho intramolecular Hbond substituents is 1. The quantitative estimate of drug-likeness (QED) is 0.801. The van der Waals surface area contributed by atoms with Crippen molar-refractivity contribution in [3.63, 3.8) is 0 Å². The molecule has 3 heteroatoms. The molecule has 0 aliphatic heterocycles. The van der Waals surface area contributed by atoms with Crippen molar-refractivity contribution in [3.05, 3.63) is 57.6 Å². The fourth-order valence-corrected chi connectivity index (χ4v) is 2.56. The van der Waals surface area contributed by atoms with Crippen LogP contribution < -0.4 is 0 Å². The van der Waals surface area contributed by atoms with E-state index in [0.29, 0.717) is 5.69 Å². The van der Waals surface area contributed by atoms with Crippen molar-refractivity contribution in [1.29, 1.82) is 0 Å². The van der Waals surface area contributed by atoms with Gasteiger partial charge in [0.1, 0.15) is 11.4 Å². The molecule has 2 nitrogen and oxygen atoms in total.